The predicted molar refractivity (Wildman–Crippen MR) is 140 cm³/mol. The van der Waals surface area contributed by atoms with Gasteiger partial charge < -0.3 is 4.98 Å². The molecule has 8 nitrogen and oxygen atoms in total. The molecule has 10 heteroatoms. The van der Waals surface area contributed by atoms with Crippen molar-refractivity contribution in [3.05, 3.63) is 79.1 Å². The van der Waals surface area contributed by atoms with Crippen molar-refractivity contribution in [1.29, 1.82) is 0 Å². The number of aromatic amines is 2. The highest BCUT2D eigenvalue weighted by Crippen LogP contribution is 2.34. The van der Waals surface area contributed by atoms with Crippen LogP contribution in [0.15, 0.2) is 73.6 Å². The summed E-state index contributed by atoms with van der Waals surface area (Å²) < 4.78 is 27.3. The lowest BCUT2D eigenvalue weighted by Gasteiger charge is -2.15. The second-order valence-corrected chi connectivity index (χ2v) is 9.63. The zero-order valence-electron chi connectivity index (χ0n) is 20.2. The summed E-state index contributed by atoms with van der Waals surface area (Å²) in [6.07, 6.45) is 10.5. The van der Waals surface area contributed by atoms with Gasteiger partial charge in [-0.05, 0) is 41.5 Å². The average molecular weight is 509 g/mol. The van der Waals surface area contributed by atoms with Crippen LogP contribution in [-0.2, 0) is 6.54 Å². The molecule has 1 aliphatic rings. The van der Waals surface area contributed by atoms with Crippen molar-refractivity contribution in [2.75, 3.05) is 13.1 Å². The molecule has 0 amide bonds. The number of halogens is 2. The van der Waals surface area contributed by atoms with Crippen molar-refractivity contribution in [2.45, 2.75) is 18.9 Å². The highest BCUT2D eigenvalue weighted by Gasteiger charge is 2.37. The van der Waals surface area contributed by atoms with E-state index in [1.54, 1.807) is 35.9 Å². The van der Waals surface area contributed by atoms with Gasteiger partial charge in [0, 0.05) is 72.4 Å². The van der Waals surface area contributed by atoms with Crippen LogP contribution >= 0.6 is 0 Å². The molecule has 2 N–H and O–H groups in total. The molecule has 0 radical (unpaired) electrons. The monoisotopic (exact) mass is 508 g/mol. The van der Waals surface area contributed by atoms with Gasteiger partial charge >= 0.3 is 0 Å². The summed E-state index contributed by atoms with van der Waals surface area (Å²) in [5.41, 5.74) is 7.60. The van der Waals surface area contributed by atoms with E-state index < -0.39 is 5.92 Å². The molecular formula is C28H22F2N8. The Labute approximate surface area is 215 Å². The van der Waals surface area contributed by atoms with E-state index in [1.807, 2.05) is 42.6 Å². The Morgan fingerprint density at radius 1 is 0.921 bits per heavy atom. The molecule has 38 heavy (non-hydrogen) atoms. The van der Waals surface area contributed by atoms with Crippen molar-refractivity contribution in [1.82, 2.24) is 40.0 Å². The molecule has 0 bridgehead atoms. The summed E-state index contributed by atoms with van der Waals surface area (Å²) in [6.45, 7) is 0.584. The van der Waals surface area contributed by atoms with Crippen LogP contribution in [0.3, 0.4) is 0 Å². The molecule has 0 spiro atoms. The van der Waals surface area contributed by atoms with Gasteiger partial charge in [0.15, 0.2) is 0 Å². The Morgan fingerprint density at radius 2 is 1.84 bits per heavy atom. The predicted octanol–water partition coefficient (Wildman–Crippen LogP) is 5.47. The largest absolute Gasteiger partial charge is 0.338 e. The van der Waals surface area contributed by atoms with Gasteiger partial charge in [0.1, 0.15) is 11.3 Å². The van der Waals surface area contributed by atoms with E-state index in [2.05, 4.69) is 35.1 Å². The second kappa shape index (κ2) is 8.77. The summed E-state index contributed by atoms with van der Waals surface area (Å²) >= 11 is 0. The van der Waals surface area contributed by atoms with Gasteiger partial charge in [0.2, 0.25) is 0 Å². The fourth-order valence-electron chi connectivity index (χ4n) is 5.12. The molecule has 0 atom stereocenters. The van der Waals surface area contributed by atoms with Gasteiger partial charge in [-0.3, -0.25) is 25.0 Å². The maximum Gasteiger partial charge on any atom is 0.261 e. The van der Waals surface area contributed by atoms with Gasteiger partial charge in [0.05, 0.1) is 29.6 Å². The lowest BCUT2D eigenvalue weighted by atomic mass is 10.1. The third-order valence-electron chi connectivity index (χ3n) is 6.95. The van der Waals surface area contributed by atoms with E-state index >= 15 is 0 Å². The fraction of sp³-hybridized carbons (Fsp3) is 0.179. The van der Waals surface area contributed by atoms with E-state index in [1.165, 1.54) is 0 Å². The standard InChI is InChI=1S/C28H22F2N8/c29-28(30)4-7-38(16-28)15-17-8-19(13-32-11-17)23-10-22-25(14-34-23)36-37-26(22)24-9-21-20(3-6-33-27(21)35-24)18-2-1-5-31-12-18/h1-3,5-6,8-14H,4,7,15-16H2,(H,33,35)(H,36,37). The third kappa shape index (κ3) is 4.08. The molecule has 6 aromatic rings. The molecule has 0 unspecified atom stereocenters. The first kappa shape index (κ1) is 22.6. The summed E-state index contributed by atoms with van der Waals surface area (Å²) in [5.74, 6) is -2.62. The minimum Gasteiger partial charge on any atom is -0.338 e. The topological polar surface area (TPSA) is 99.3 Å². The van der Waals surface area contributed by atoms with Crippen LogP contribution in [0, 0.1) is 0 Å². The van der Waals surface area contributed by atoms with Gasteiger partial charge in [-0.15, -0.1) is 0 Å². The molecule has 1 fully saturated rings. The van der Waals surface area contributed by atoms with Gasteiger partial charge in [-0.1, -0.05) is 6.07 Å². The van der Waals surface area contributed by atoms with Crippen molar-refractivity contribution < 1.29 is 8.78 Å². The first-order valence-electron chi connectivity index (χ1n) is 12.3. The summed E-state index contributed by atoms with van der Waals surface area (Å²) in [4.78, 5) is 22.9. The Balaban J connectivity index is 1.24. The van der Waals surface area contributed by atoms with Crippen LogP contribution in [0.4, 0.5) is 8.78 Å². The summed E-state index contributed by atoms with van der Waals surface area (Å²) in [7, 11) is 0. The third-order valence-corrected chi connectivity index (χ3v) is 6.95. The van der Waals surface area contributed by atoms with E-state index in [0.29, 0.717) is 13.1 Å². The van der Waals surface area contributed by atoms with Gasteiger partial charge in [-0.2, -0.15) is 5.10 Å². The average Bonchev–Trinajstić information content (AvgIpc) is 3.64. The number of nitrogens with zero attached hydrogens (tertiary/aromatic N) is 6. The number of nitrogens with one attached hydrogen (secondary N) is 2. The lowest BCUT2D eigenvalue weighted by molar-refractivity contribution is 0.0115. The lowest BCUT2D eigenvalue weighted by Crippen LogP contribution is -2.24. The second-order valence-electron chi connectivity index (χ2n) is 9.63. The van der Waals surface area contributed by atoms with Crippen molar-refractivity contribution in [3.8, 4) is 33.8 Å². The highest BCUT2D eigenvalue weighted by molar-refractivity contribution is 6.00. The SMILES string of the molecule is FC1(F)CCN(Cc2cncc(-c3cc4c(-c5cc6c(-c7cccnc7)ccnc6[nH]5)n[nH]c4cn3)c2)C1. The van der Waals surface area contributed by atoms with Crippen LogP contribution in [-0.4, -0.2) is 59.0 Å². The van der Waals surface area contributed by atoms with Crippen molar-refractivity contribution >= 4 is 21.9 Å². The Kier molecular flexibility index (Phi) is 5.22. The molecule has 1 aliphatic heterocycles. The zero-order valence-corrected chi connectivity index (χ0v) is 20.2. The summed E-state index contributed by atoms with van der Waals surface area (Å²) in [5, 5.41) is 9.51. The molecule has 7 rings (SSSR count). The molecule has 0 saturated carbocycles. The van der Waals surface area contributed by atoms with Gasteiger partial charge in [0.25, 0.3) is 5.92 Å². The number of aromatic nitrogens is 7. The van der Waals surface area contributed by atoms with Crippen molar-refractivity contribution in [2.24, 2.45) is 0 Å². The first-order valence-corrected chi connectivity index (χ1v) is 12.3. The van der Waals surface area contributed by atoms with Crippen molar-refractivity contribution in [3.63, 3.8) is 0 Å². The van der Waals surface area contributed by atoms with Crippen LogP contribution < -0.4 is 0 Å². The maximum absolute atomic E-state index is 13.6. The number of rotatable bonds is 5. The maximum atomic E-state index is 13.6. The number of hydrogen-bond donors (Lipinski definition) is 2. The van der Waals surface area contributed by atoms with Crippen LogP contribution in [0.1, 0.15) is 12.0 Å². The number of likely N-dealkylation sites (tertiary alicyclic amines) is 1. The van der Waals surface area contributed by atoms with E-state index in [0.717, 1.165) is 61.3 Å². The van der Waals surface area contributed by atoms with Gasteiger partial charge in [-0.25, -0.2) is 13.8 Å². The zero-order chi connectivity index (χ0) is 25.7. The van der Waals surface area contributed by atoms with E-state index in [9.17, 15) is 8.78 Å². The molecule has 0 aliphatic carbocycles. The molecule has 6 aromatic heterocycles. The quantitative estimate of drug-likeness (QED) is 0.321. The Bertz CT molecular complexity index is 1780. The minimum atomic E-state index is -2.62. The minimum absolute atomic E-state index is 0.103. The molecule has 0 aromatic carbocycles. The number of hydrogen-bond acceptors (Lipinski definition) is 6. The first-order chi connectivity index (χ1) is 18.5. The fourth-order valence-corrected chi connectivity index (χ4v) is 5.12. The smallest absolute Gasteiger partial charge is 0.261 e. The number of H-pyrrole nitrogens is 2. The number of alkyl halides is 2. The van der Waals surface area contributed by atoms with Crippen LogP contribution in [0.25, 0.3) is 55.7 Å². The normalized spacial score (nSPS) is 15.5. The Morgan fingerprint density at radius 3 is 2.68 bits per heavy atom. The number of pyridine rings is 4. The highest BCUT2D eigenvalue weighted by atomic mass is 19.3. The summed E-state index contributed by atoms with van der Waals surface area (Å²) in [6, 6.07) is 11.9. The molecule has 188 valence electrons. The Hall–Kier alpha value is -4.57. The number of fused-ring (bicyclic) bond motifs is 2. The van der Waals surface area contributed by atoms with E-state index in [-0.39, 0.29) is 13.0 Å². The van der Waals surface area contributed by atoms with E-state index in [4.69, 9.17) is 0 Å². The molecular weight excluding hydrogens is 486 g/mol. The van der Waals surface area contributed by atoms with Crippen LogP contribution in [0.2, 0.25) is 0 Å². The molecule has 7 heterocycles. The van der Waals surface area contributed by atoms with Crippen LogP contribution in [0.5, 0.6) is 0 Å². The molecule has 1 saturated heterocycles.